The van der Waals surface area contributed by atoms with Gasteiger partial charge in [-0.15, -0.1) is 0 Å². The van der Waals surface area contributed by atoms with E-state index in [0.717, 1.165) is 0 Å². The topological polar surface area (TPSA) is 194 Å². The Kier molecular flexibility index (Phi) is 18.5. The molecule has 0 aliphatic rings. The maximum Gasteiger partial charge on any atom is 0.246 e. The van der Waals surface area contributed by atoms with E-state index in [9.17, 15) is 47.6 Å². The van der Waals surface area contributed by atoms with Gasteiger partial charge in [0.1, 0.15) is 18.5 Å². The third-order valence-electron chi connectivity index (χ3n) is 5.14. The lowest BCUT2D eigenvalue weighted by Crippen LogP contribution is -2.36. The van der Waals surface area contributed by atoms with Crippen molar-refractivity contribution in [2.75, 3.05) is 39.3 Å². The van der Waals surface area contributed by atoms with Gasteiger partial charge in [0.15, 0.2) is 0 Å². The maximum atomic E-state index is 14.0. The van der Waals surface area contributed by atoms with Crippen LogP contribution in [0.1, 0.15) is 51.9 Å². The van der Waals surface area contributed by atoms with Crippen molar-refractivity contribution in [3.05, 3.63) is 0 Å². The third kappa shape index (κ3) is 18.3. The highest BCUT2D eigenvalue weighted by atomic mass is 19.1. The first kappa shape index (κ1) is 35.0. The van der Waals surface area contributed by atoms with Crippen molar-refractivity contribution >= 4 is 29.5 Å². The van der Waals surface area contributed by atoms with Gasteiger partial charge in [-0.3, -0.25) is 34.4 Å². The molecule has 3 unspecified atom stereocenters. The van der Waals surface area contributed by atoms with Crippen LogP contribution in [0.5, 0.6) is 0 Å². The predicted octanol–water partition coefficient (Wildman–Crippen LogP) is -0.506. The molecular formula is C22H39F3N6O7. The number of hydrogen-bond acceptors (Lipinski definition) is 8. The molecule has 7 N–H and O–H groups in total. The molecule has 0 rings (SSSR count). The third-order valence-corrected chi connectivity index (χ3v) is 5.14. The van der Waals surface area contributed by atoms with Gasteiger partial charge in [-0.05, 0) is 12.8 Å². The Morgan fingerprint density at radius 3 is 1.55 bits per heavy atom. The van der Waals surface area contributed by atoms with Crippen LogP contribution in [0.25, 0.3) is 0 Å². The van der Waals surface area contributed by atoms with Crippen LogP contribution >= 0.6 is 0 Å². The zero-order chi connectivity index (χ0) is 29.1. The summed E-state index contributed by atoms with van der Waals surface area (Å²) in [6.07, 6.45) is -6.33. The van der Waals surface area contributed by atoms with E-state index in [2.05, 4.69) is 16.0 Å². The van der Waals surface area contributed by atoms with Crippen LogP contribution in [0, 0.1) is 0 Å². The van der Waals surface area contributed by atoms with Crippen molar-refractivity contribution in [1.29, 1.82) is 0 Å². The van der Waals surface area contributed by atoms with Crippen LogP contribution in [0.4, 0.5) is 13.2 Å². The number of amides is 5. The normalized spacial score (nSPS) is 13.1. The van der Waals surface area contributed by atoms with E-state index in [1.807, 2.05) is 0 Å². The van der Waals surface area contributed by atoms with Gasteiger partial charge in [0.2, 0.25) is 29.5 Å². The van der Waals surface area contributed by atoms with E-state index < -0.39 is 61.7 Å². The monoisotopic (exact) mass is 556 g/mol. The van der Waals surface area contributed by atoms with E-state index >= 15 is 0 Å². The standard InChI is InChI=1S/C22H39F3N6O7/c1-15(32)27-9-6-17(24)13-28-19(33)2-5-22(36)31(38)11-8-18(25)14-29-20(34)3-4-21(35)30(37)10-7-16(23)12-26/h16-18,37-38H,2-14,26H2,1H3,(H,27,32)(H,28,33)(H,29,34). The van der Waals surface area contributed by atoms with E-state index in [1.54, 1.807) is 0 Å². The Morgan fingerprint density at radius 2 is 1.13 bits per heavy atom. The number of halogens is 3. The molecule has 38 heavy (non-hydrogen) atoms. The summed E-state index contributed by atoms with van der Waals surface area (Å²) in [5.74, 6) is -3.25. The van der Waals surface area contributed by atoms with Gasteiger partial charge in [-0.25, -0.2) is 23.3 Å². The average molecular weight is 557 g/mol. The fourth-order valence-electron chi connectivity index (χ4n) is 2.83. The van der Waals surface area contributed by atoms with Crippen LogP contribution in [-0.2, 0) is 24.0 Å². The molecular weight excluding hydrogens is 517 g/mol. The largest absolute Gasteiger partial charge is 0.356 e. The van der Waals surface area contributed by atoms with E-state index in [-0.39, 0.29) is 80.7 Å². The molecule has 0 radical (unpaired) electrons. The van der Waals surface area contributed by atoms with Crippen LogP contribution in [0.2, 0.25) is 0 Å². The molecule has 0 saturated heterocycles. The average Bonchev–Trinajstić information content (AvgIpc) is 2.88. The molecule has 5 amide bonds. The fourth-order valence-corrected chi connectivity index (χ4v) is 2.83. The second kappa shape index (κ2) is 20.0. The van der Waals surface area contributed by atoms with Crippen molar-refractivity contribution in [3.63, 3.8) is 0 Å². The highest BCUT2D eigenvalue weighted by molar-refractivity contribution is 5.83. The Labute approximate surface area is 219 Å². The summed E-state index contributed by atoms with van der Waals surface area (Å²) < 4.78 is 40.6. The predicted molar refractivity (Wildman–Crippen MR) is 128 cm³/mol. The van der Waals surface area contributed by atoms with E-state index in [0.29, 0.717) is 0 Å². The van der Waals surface area contributed by atoms with Crippen molar-refractivity contribution < 1.29 is 47.6 Å². The molecule has 0 heterocycles. The summed E-state index contributed by atoms with van der Waals surface area (Å²) in [5, 5.41) is 26.7. The quantitative estimate of drug-likeness (QED) is 0.0852. The number of rotatable bonds is 20. The Bertz CT molecular complexity index is 765. The molecule has 0 aromatic heterocycles. The van der Waals surface area contributed by atoms with E-state index in [1.165, 1.54) is 6.92 Å². The first-order chi connectivity index (χ1) is 17.8. The molecule has 3 atom stereocenters. The summed E-state index contributed by atoms with van der Waals surface area (Å²) in [6.45, 7) is -0.293. The lowest BCUT2D eigenvalue weighted by Gasteiger charge is -2.17. The van der Waals surface area contributed by atoms with Gasteiger partial charge in [0.25, 0.3) is 0 Å². The molecule has 0 fully saturated rings. The van der Waals surface area contributed by atoms with Gasteiger partial charge in [0.05, 0.1) is 13.1 Å². The minimum Gasteiger partial charge on any atom is -0.356 e. The molecule has 0 saturated carbocycles. The Hall–Kier alpha value is -2.98. The van der Waals surface area contributed by atoms with Crippen molar-refractivity contribution in [2.24, 2.45) is 5.73 Å². The van der Waals surface area contributed by atoms with Gasteiger partial charge < -0.3 is 21.7 Å². The SMILES string of the molecule is CC(=O)NCCC(F)CNC(=O)CCC(=O)N(O)CCC(F)CNC(=O)CCC(=O)N(O)CCC(F)CN. The highest BCUT2D eigenvalue weighted by Crippen LogP contribution is 2.04. The highest BCUT2D eigenvalue weighted by Gasteiger charge is 2.18. The number of nitrogens with zero attached hydrogens (tertiary/aromatic N) is 2. The summed E-state index contributed by atoms with van der Waals surface area (Å²) in [4.78, 5) is 57.8. The molecule has 16 heteroatoms. The molecule has 0 spiro atoms. The fraction of sp³-hybridized carbons (Fsp3) is 0.773. The number of carbonyl (C=O) groups is 5. The second-order valence-electron chi connectivity index (χ2n) is 8.52. The maximum absolute atomic E-state index is 14.0. The summed E-state index contributed by atoms with van der Waals surface area (Å²) >= 11 is 0. The number of hydrogen-bond donors (Lipinski definition) is 6. The van der Waals surface area contributed by atoms with Crippen LogP contribution in [-0.4, -0.2) is 108 Å². The number of alkyl halides is 3. The van der Waals surface area contributed by atoms with Crippen LogP contribution in [0.3, 0.4) is 0 Å². The van der Waals surface area contributed by atoms with Crippen molar-refractivity contribution in [3.8, 4) is 0 Å². The van der Waals surface area contributed by atoms with Gasteiger partial charge in [-0.1, -0.05) is 0 Å². The van der Waals surface area contributed by atoms with Gasteiger partial charge >= 0.3 is 0 Å². The lowest BCUT2D eigenvalue weighted by molar-refractivity contribution is -0.166. The first-order valence-corrected chi connectivity index (χ1v) is 12.2. The molecule has 0 bridgehead atoms. The van der Waals surface area contributed by atoms with Gasteiger partial charge in [-0.2, -0.15) is 0 Å². The van der Waals surface area contributed by atoms with Crippen molar-refractivity contribution in [2.45, 2.75) is 70.4 Å². The molecule has 0 aliphatic carbocycles. The molecule has 0 aromatic rings. The van der Waals surface area contributed by atoms with Gasteiger partial charge in [0, 0.05) is 65.2 Å². The molecule has 0 aliphatic heterocycles. The van der Waals surface area contributed by atoms with E-state index in [4.69, 9.17) is 5.73 Å². The zero-order valence-electron chi connectivity index (χ0n) is 21.5. The zero-order valence-corrected chi connectivity index (χ0v) is 21.5. The second-order valence-corrected chi connectivity index (χ2v) is 8.52. The number of nitrogens with one attached hydrogen (secondary N) is 3. The smallest absolute Gasteiger partial charge is 0.246 e. The number of hydroxylamine groups is 4. The summed E-state index contributed by atoms with van der Waals surface area (Å²) in [7, 11) is 0. The molecule has 220 valence electrons. The molecule has 13 nitrogen and oxygen atoms in total. The van der Waals surface area contributed by atoms with Crippen LogP contribution in [0.15, 0.2) is 0 Å². The minimum absolute atomic E-state index is 0.00499. The summed E-state index contributed by atoms with van der Waals surface area (Å²) in [6, 6.07) is 0. The lowest BCUT2D eigenvalue weighted by atomic mass is 10.2. The molecule has 0 aromatic carbocycles. The first-order valence-electron chi connectivity index (χ1n) is 12.2. The number of carbonyl (C=O) groups excluding carboxylic acids is 5. The Morgan fingerprint density at radius 1 is 0.711 bits per heavy atom. The summed E-state index contributed by atoms with van der Waals surface area (Å²) in [5.41, 5.74) is 5.09. The van der Waals surface area contributed by atoms with Crippen LogP contribution < -0.4 is 21.7 Å². The Balaban J connectivity index is 4.04. The van der Waals surface area contributed by atoms with Crippen molar-refractivity contribution in [1.82, 2.24) is 26.1 Å². The number of nitrogens with two attached hydrogens (primary N) is 1. The minimum atomic E-state index is -1.63.